The van der Waals surface area contributed by atoms with Gasteiger partial charge in [-0.05, 0) is 39.5 Å². The van der Waals surface area contributed by atoms with E-state index in [1.807, 2.05) is 0 Å². The summed E-state index contributed by atoms with van der Waals surface area (Å²) >= 11 is 0. The average molecular weight is 374 g/mol. The largest absolute Gasteiger partial charge is 1.00 e. The van der Waals surface area contributed by atoms with Gasteiger partial charge < -0.3 is 24.6 Å². The molecule has 3 rings (SSSR count). The molecule has 2 atom stereocenters. The summed E-state index contributed by atoms with van der Waals surface area (Å²) in [5.74, 6) is 0.151. The number of aromatic nitrogens is 2. The molecule has 2 heterocycles. The molecule has 1 aromatic heterocycles. The van der Waals surface area contributed by atoms with E-state index in [1.165, 1.54) is 24.7 Å². The zero-order valence-corrected chi connectivity index (χ0v) is 18.2. The Balaban J connectivity index is 0.00000225. The summed E-state index contributed by atoms with van der Waals surface area (Å²) in [6.45, 7) is 3.65. The Bertz CT molecular complexity index is 631. The topological polar surface area (TPSA) is 111 Å². The zero-order chi connectivity index (χ0) is 17.3. The molecule has 25 heavy (non-hydrogen) atoms. The first-order valence-electron chi connectivity index (χ1n) is 8.55. The van der Waals surface area contributed by atoms with Crippen molar-refractivity contribution in [2.45, 2.75) is 69.9 Å². The maximum atomic E-state index is 12.4. The summed E-state index contributed by atoms with van der Waals surface area (Å²) in [4.78, 5) is 29.5. The van der Waals surface area contributed by atoms with E-state index in [0.29, 0.717) is 37.0 Å². The van der Waals surface area contributed by atoms with Crippen molar-refractivity contribution in [3.63, 3.8) is 0 Å². The number of hydrogen-bond donors (Lipinski definition) is 1. The van der Waals surface area contributed by atoms with Crippen molar-refractivity contribution in [3.8, 4) is 0 Å². The normalized spacial score (nSPS) is 24.8. The van der Waals surface area contributed by atoms with Gasteiger partial charge in [0.15, 0.2) is 5.82 Å². The Morgan fingerprint density at radius 2 is 2.04 bits per heavy atom. The maximum absolute atomic E-state index is 12.4. The summed E-state index contributed by atoms with van der Waals surface area (Å²) in [5, 5.41) is 18.1. The van der Waals surface area contributed by atoms with E-state index in [0.717, 1.165) is 12.8 Å². The third-order valence-corrected chi connectivity index (χ3v) is 5.21. The van der Waals surface area contributed by atoms with Gasteiger partial charge in [0, 0.05) is 12.5 Å². The predicted molar refractivity (Wildman–Crippen MR) is 81.8 cm³/mol. The molecule has 1 aliphatic heterocycles. The van der Waals surface area contributed by atoms with Crippen LogP contribution in [0.15, 0.2) is 4.52 Å². The molecule has 1 saturated carbocycles. The monoisotopic (exact) mass is 374 g/mol. The van der Waals surface area contributed by atoms with E-state index in [1.54, 1.807) is 6.92 Å². The molecule has 1 saturated heterocycles. The predicted octanol–water partition coefficient (Wildman–Crippen LogP) is -1.89. The van der Waals surface area contributed by atoms with E-state index < -0.39 is 23.6 Å². The molecular weight excluding hydrogens is 351 g/mol. The second-order valence-corrected chi connectivity index (χ2v) is 6.96. The van der Waals surface area contributed by atoms with Crippen molar-refractivity contribution in [1.29, 1.82) is 0 Å². The number of carbonyl (C=O) groups is 2. The number of nitrogens with one attached hydrogen (secondary N) is 1. The number of carbonyl (C=O) groups excluding carboxylic acids is 2. The molecule has 0 bridgehead atoms. The average Bonchev–Trinajstić information content (AvgIpc) is 3.27. The van der Waals surface area contributed by atoms with E-state index in [9.17, 15) is 14.7 Å². The molecule has 9 heteroatoms. The fourth-order valence-electron chi connectivity index (χ4n) is 3.60. The van der Waals surface area contributed by atoms with Gasteiger partial charge in [0.1, 0.15) is 6.04 Å². The fraction of sp³-hybridized carbons (Fsp3) is 0.750. The van der Waals surface area contributed by atoms with Crippen LogP contribution in [0.25, 0.3) is 0 Å². The summed E-state index contributed by atoms with van der Waals surface area (Å²) in [6.07, 6.45) is 5.52. The second kappa shape index (κ2) is 8.47. The molecule has 1 aromatic rings. The molecule has 0 radical (unpaired) electrons. The van der Waals surface area contributed by atoms with Gasteiger partial charge >= 0.3 is 57.4 Å². The zero-order valence-electron chi connectivity index (χ0n) is 15.1. The fourth-order valence-corrected chi connectivity index (χ4v) is 3.60. The molecule has 8 nitrogen and oxygen atoms in total. The van der Waals surface area contributed by atoms with Crippen LogP contribution in [-0.4, -0.2) is 39.1 Å². The smallest absolute Gasteiger partial charge is 0.548 e. The van der Waals surface area contributed by atoms with E-state index in [-0.39, 0.29) is 51.4 Å². The summed E-state index contributed by atoms with van der Waals surface area (Å²) in [7, 11) is 0. The minimum Gasteiger partial charge on any atom is -0.548 e. The second-order valence-electron chi connectivity index (χ2n) is 6.96. The van der Waals surface area contributed by atoms with Crippen molar-refractivity contribution in [1.82, 2.24) is 20.4 Å². The van der Waals surface area contributed by atoms with Gasteiger partial charge in [-0.25, -0.2) is 4.79 Å². The number of carboxylic acid groups (broad SMARTS) is 1. The van der Waals surface area contributed by atoms with Crippen LogP contribution in [0.5, 0.6) is 0 Å². The summed E-state index contributed by atoms with van der Waals surface area (Å²) < 4.78 is 5.28. The maximum Gasteiger partial charge on any atom is 1.00 e. The first-order valence-corrected chi connectivity index (χ1v) is 8.55. The molecule has 132 valence electrons. The van der Waals surface area contributed by atoms with Gasteiger partial charge in [0.2, 0.25) is 5.89 Å². The molecule has 2 amide bonds. The number of nitrogens with zero attached hydrogens (tertiary/aromatic N) is 3. The van der Waals surface area contributed by atoms with Gasteiger partial charge in [-0.3, -0.25) is 0 Å². The molecular formula is C16H23KN4O4. The first kappa shape index (κ1) is 20.8. The van der Waals surface area contributed by atoms with Crippen LogP contribution in [0, 0.1) is 0 Å². The number of aliphatic carboxylic acids is 1. The molecule has 1 aliphatic carbocycles. The van der Waals surface area contributed by atoms with Crippen LogP contribution in [-0.2, 0) is 4.79 Å². The molecule has 0 spiro atoms. The van der Waals surface area contributed by atoms with E-state index in [4.69, 9.17) is 4.52 Å². The molecule has 2 aliphatic rings. The van der Waals surface area contributed by atoms with Crippen LogP contribution < -0.4 is 61.8 Å². The van der Waals surface area contributed by atoms with Gasteiger partial charge in [0.25, 0.3) is 0 Å². The number of urea groups is 1. The molecule has 2 fully saturated rings. The third-order valence-electron chi connectivity index (χ3n) is 5.21. The Kier molecular flexibility index (Phi) is 7.06. The molecule has 1 N–H and O–H groups in total. The Morgan fingerprint density at radius 1 is 1.36 bits per heavy atom. The van der Waals surface area contributed by atoms with Crippen LogP contribution >= 0.6 is 0 Å². The van der Waals surface area contributed by atoms with E-state index in [2.05, 4.69) is 15.5 Å². The number of likely N-dealkylation sites (tertiary alicyclic amines) is 1. The van der Waals surface area contributed by atoms with Crippen molar-refractivity contribution >= 4 is 12.0 Å². The van der Waals surface area contributed by atoms with Gasteiger partial charge in [-0.15, -0.1) is 0 Å². The van der Waals surface area contributed by atoms with Crippen LogP contribution in [0.1, 0.15) is 76.0 Å². The summed E-state index contributed by atoms with van der Waals surface area (Å²) in [5.41, 5.74) is -1.27. The summed E-state index contributed by atoms with van der Waals surface area (Å²) in [6, 6.07) is -0.931. The Morgan fingerprint density at radius 3 is 2.68 bits per heavy atom. The van der Waals surface area contributed by atoms with Crippen molar-refractivity contribution in [2.75, 3.05) is 6.54 Å². The SMILES string of the molecule is CC(NC(=O)N1CCCC1(C)C(=O)[O-])c1nc(C2CCCC2)no1.[K+]. The molecule has 0 aromatic carbocycles. The third kappa shape index (κ3) is 4.27. The van der Waals surface area contributed by atoms with Crippen molar-refractivity contribution in [3.05, 3.63) is 11.7 Å². The standard InChI is InChI=1S/C16H24N4O4.K/c1-10(13-18-12(19-24-13)11-6-3-4-7-11)17-15(23)20-9-5-8-16(20,2)14(21)22;/h10-11H,3-9H2,1-2H3,(H,17,23)(H,21,22);/q;+1/p-1. The van der Waals surface area contributed by atoms with Gasteiger partial charge in [-0.1, -0.05) is 18.0 Å². The van der Waals surface area contributed by atoms with Crippen LogP contribution in [0.2, 0.25) is 0 Å². The minimum atomic E-state index is -1.27. The quantitative estimate of drug-likeness (QED) is 0.617. The molecule has 2 unspecified atom stereocenters. The van der Waals surface area contributed by atoms with Crippen molar-refractivity contribution in [2.24, 2.45) is 0 Å². The Hall–Kier alpha value is -0.484. The number of amides is 2. The van der Waals surface area contributed by atoms with Crippen LogP contribution in [0.4, 0.5) is 4.79 Å². The minimum absolute atomic E-state index is 0. The Labute approximate surface area is 189 Å². The number of hydrogen-bond acceptors (Lipinski definition) is 6. The van der Waals surface area contributed by atoms with Crippen molar-refractivity contribution < 1.29 is 70.6 Å². The number of rotatable bonds is 4. The van der Waals surface area contributed by atoms with E-state index >= 15 is 0 Å². The van der Waals surface area contributed by atoms with Gasteiger partial charge in [-0.2, -0.15) is 4.98 Å². The van der Waals surface area contributed by atoms with Gasteiger partial charge in [0.05, 0.1) is 11.5 Å². The number of carboxylic acids is 1. The first-order chi connectivity index (χ1) is 11.4. The van der Waals surface area contributed by atoms with Crippen LogP contribution in [0.3, 0.4) is 0 Å².